The van der Waals surface area contributed by atoms with Crippen molar-refractivity contribution in [2.24, 2.45) is 0 Å². The van der Waals surface area contributed by atoms with Gasteiger partial charge in [0.1, 0.15) is 21.5 Å². The molecule has 5 rings (SSSR count). The zero-order valence-corrected chi connectivity index (χ0v) is 17.8. The van der Waals surface area contributed by atoms with Crippen LogP contribution in [0.1, 0.15) is 10.4 Å². The number of para-hydroxylation sites is 1. The third-order valence-corrected chi connectivity index (χ3v) is 7.85. The van der Waals surface area contributed by atoms with E-state index in [0.29, 0.717) is 16.6 Å². The van der Waals surface area contributed by atoms with Gasteiger partial charge in [0.05, 0.1) is 11.7 Å². The average Bonchev–Trinajstić information content (AvgIpc) is 3.27. The minimum Gasteiger partial charge on any atom is -0.336 e. The first-order chi connectivity index (χ1) is 14.9. The molecule has 2 aromatic heterocycles. The fraction of sp³-hybridized carbons (Fsp3) is 0.200. The molecule has 1 fully saturated rings. The van der Waals surface area contributed by atoms with Crippen molar-refractivity contribution in [2.75, 3.05) is 26.2 Å². The Morgan fingerprint density at radius 2 is 1.77 bits per heavy atom. The highest BCUT2D eigenvalue weighted by atomic mass is 32.2. The van der Waals surface area contributed by atoms with Gasteiger partial charge in [0.25, 0.3) is 11.5 Å². The Morgan fingerprint density at radius 1 is 1.00 bits per heavy atom. The third kappa shape index (κ3) is 3.40. The average molecular weight is 456 g/mol. The lowest BCUT2D eigenvalue weighted by molar-refractivity contribution is 0.0696. The van der Waals surface area contributed by atoms with Crippen LogP contribution in [0.25, 0.3) is 21.9 Å². The van der Waals surface area contributed by atoms with Gasteiger partial charge in [0.2, 0.25) is 10.0 Å². The number of hydrogen-bond donors (Lipinski definition) is 1. The molecule has 158 valence electrons. The predicted molar refractivity (Wildman–Crippen MR) is 117 cm³/mol. The van der Waals surface area contributed by atoms with Crippen LogP contribution in [-0.4, -0.2) is 63.4 Å². The summed E-state index contributed by atoms with van der Waals surface area (Å²) in [4.78, 5) is 29.7. The summed E-state index contributed by atoms with van der Waals surface area (Å²) in [5, 5.41) is 0.761. The van der Waals surface area contributed by atoms with Gasteiger partial charge in [-0.15, -0.1) is 0 Å². The Bertz CT molecular complexity index is 1470. The van der Waals surface area contributed by atoms with Crippen molar-refractivity contribution in [1.29, 1.82) is 0 Å². The van der Waals surface area contributed by atoms with Crippen molar-refractivity contribution in [1.82, 2.24) is 22.9 Å². The van der Waals surface area contributed by atoms with Crippen LogP contribution in [0.4, 0.5) is 0 Å². The van der Waals surface area contributed by atoms with Crippen LogP contribution in [0.15, 0.2) is 58.2 Å². The quantitative estimate of drug-likeness (QED) is 0.502. The van der Waals surface area contributed by atoms with Crippen LogP contribution < -0.4 is 5.56 Å². The van der Waals surface area contributed by atoms with Crippen LogP contribution in [0.5, 0.6) is 0 Å². The Labute approximate surface area is 181 Å². The molecule has 0 atom stereocenters. The molecule has 1 aliphatic heterocycles. The molecule has 0 aliphatic carbocycles. The van der Waals surface area contributed by atoms with E-state index in [9.17, 15) is 18.0 Å². The number of rotatable bonds is 3. The second-order valence-electron chi connectivity index (χ2n) is 7.18. The van der Waals surface area contributed by atoms with Gasteiger partial charge in [0, 0.05) is 31.7 Å². The second kappa shape index (κ2) is 7.52. The number of hydrogen-bond acceptors (Lipinski definition) is 7. The number of aromatic amines is 1. The molecule has 0 radical (unpaired) electrons. The van der Waals surface area contributed by atoms with Gasteiger partial charge in [-0.25, -0.2) is 8.42 Å². The van der Waals surface area contributed by atoms with Gasteiger partial charge in [0.15, 0.2) is 0 Å². The number of piperazine rings is 1. The normalized spacial score (nSPS) is 15.5. The molecule has 11 heteroatoms. The van der Waals surface area contributed by atoms with Crippen molar-refractivity contribution in [3.05, 3.63) is 64.4 Å². The van der Waals surface area contributed by atoms with Crippen LogP contribution in [0.3, 0.4) is 0 Å². The second-order valence-corrected chi connectivity index (χ2v) is 9.62. The van der Waals surface area contributed by atoms with E-state index in [1.807, 2.05) is 18.2 Å². The first-order valence-electron chi connectivity index (χ1n) is 9.58. The molecule has 9 nitrogen and oxygen atoms in total. The highest BCUT2D eigenvalue weighted by molar-refractivity contribution is 7.89. The zero-order valence-electron chi connectivity index (χ0n) is 16.2. The topological polar surface area (TPSA) is 116 Å². The third-order valence-electron chi connectivity index (χ3n) is 5.38. The van der Waals surface area contributed by atoms with Crippen molar-refractivity contribution in [3.63, 3.8) is 0 Å². The van der Waals surface area contributed by atoms with Gasteiger partial charge in [-0.1, -0.05) is 24.3 Å². The van der Waals surface area contributed by atoms with Crippen molar-refractivity contribution in [3.8, 4) is 0 Å². The number of carbonyl (C=O) groups is 1. The first kappa shape index (κ1) is 19.8. The minimum atomic E-state index is -3.78. The Morgan fingerprint density at radius 3 is 2.58 bits per heavy atom. The van der Waals surface area contributed by atoms with E-state index in [1.54, 1.807) is 24.3 Å². The van der Waals surface area contributed by atoms with E-state index in [1.165, 1.54) is 15.3 Å². The van der Waals surface area contributed by atoms with Gasteiger partial charge in [-0.05, 0) is 29.7 Å². The molecule has 0 unspecified atom stereocenters. The summed E-state index contributed by atoms with van der Waals surface area (Å²) in [7, 11) is -3.78. The number of pyridine rings is 1. The summed E-state index contributed by atoms with van der Waals surface area (Å²) < 4.78 is 35.9. The molecular weight excluding hydrogens is 438 g/mol. The molecule has 0 saturated carbocycles. The highest BCUT2D eigenvalue weighted by Crippen LogP contribution is 2.25. The summed E-state index contributed by atoms with van der Waals surface area (Å²) in [5.74, 6) is -0.408. The van der Waals surface area contributed by atoms with Crippen molar-refractivity contribution in [2.45, 2.75) is 4.90 Å². The summed E-state index contributed by atoms with van der Waals surface area (Å²) in [6.07, 6.45) is 0. The van der Waals surface area contributed by atoms with E-state index >= 15 is 0 Å². The molecule has 3 heterocycles. The van der Waals surface area contributed by atoms with Gasteiger partial charge in [-0.3, -0.25) is 9.59 Å². The lowest BCUT2D eigenvalue weighted by Crippen LogP contribution is -2.51. The summed E-state index contributed by atoms with van der Waals surface area (Å²) >= 11 is 0.965. The van der Waals surface area contributed by atoms with Crippen LogP contribution in [-0.2, 0) is 10.0 Å². The maximum absolute atomic E-state index is 13.2. The fourth-order valence-electron chi connectivity index (χ4n) is 3.74. The van der Waals surface area contributed by atoms with E-state index in [0.717, 1.165) is 17.1 Å². The number of carbonyl (C=O) groups excluding carboxylic acids is 1. The van der Waals surface area contributed by atoms with Crippen LogP contribution >= 0.6 is 11.7 Å². The number of fused-ring (bicyclic) bond motifs is 2. The van der Waals surface area contributed by atoms with Crippen LogP contribution in [0, 0.1) is 0 Å². The van der Waals surface area contributed by atoms with Gasteiger partial charge in [-0.2, -0.15) is 13.1 Å². The Hall–Kier alpha value is -3.15. The van der Waals surface area contributed by atoms with Gasteiger partial charge < -0.3 is 9.88 Å². The molecule has 1 N–H and O–H groups in total. The maximum atomic E-state index is 13.2. The Kier molecular flexibility index (Phi) is 4.80. The monoisotopic (exact) mass is 455 g/mol. The first-order valence-corrected chi connectivity index (χ1v) is 11.7. The molecule has 1 aliphatic rings. The van der Waals surface area contributed by atoms with Gasteiger partial charge >= 0.3 is 0 Å². The van der Waals surface area contributed by atoms with E-state index in [4.69, 9.17) is 0 Å². The molecule has 1 saturated heterocycles. The standard InChI is InChI=1S/C20H17N5O4S2/c26-19-14(12-13-4-1-2-5-15(13)21-19)20(27)24-8-10-25(11-9-24)31(28,29)17-7-3-6-16-18(17)23-30-22-16/h1-7,12H,8-11H2,(H,21,26). The molecular formula is C20H17N5O4S2. The molecule has 0 spiro atoms. The number of nitrogens with one attached hydrogen (secondary N) is 1. The molecule has 31 heavy (non-hydrogen) atoms. The fourth-order valence-corrected chi connectivity index (χ4v) is 5.91. The number of amides is 1. The molecule has 2 aromatic carbocycles. The maximum Gasteiger partial charge on any atom is 0.261 e. The largest absolute Gasteiger partial charge is 0.336 e. The molecule has 4 aromatic rings. The zero-order chi connectivity index (χ0) is 21.6. The number of aromatic nitrogens is 3. The highest BCUT2D eigenvalue weighted by Gasteiger charge is 2.32. The van der Waals surface area contributed by atoms with Crippen molar-refractivity contribution >= 4 is 49.6 Å². The van der Waals surface area contributed by atoms with E-state index in [2.05, 4.69) is 13.7 Å². The number of sulfonamides is 1. The predicted octanol–water partition coefficient (Wildman–Crippen LogP) is 1.68. The molecule has 1 amide bonds. The van der Waals surface area contributed by atoms with E-state index in [-0.39, 0.29) is 36.6 Å². The smallest absolute Gasteiger partial charge is 0.261 e. The molecule has 0 bridgehead atoms. The SMILES string of the molecule is O=C(c1cc2ccccc2[nH]c1=O)N1CCN(S(=O)(=O)c2cccc3nsnc23)CC1. The summed E-state index contributed by atoms with van der Waals surface area (Å²) in [5.41, 5.74) is 1.14. The minimum absolute atomic E-state index is 0.0494. The lowest BCUT2D eigenvalue weighted by Gasteiger charge is -2.33. The summed E-state index contributed by atoms with van der Waals surface area (Å²) in [6, 6.07) is 13.7. The van der Waals surface area contributed by atoms with Crippen LogP contribution in [0.2, 0.25) is 0 Å². The van der Waals surface area contributed by atoms with Crippen molar-refractivity contribution < 1.29 is 13.2 Å². The summed E-state index contributed by atoms with van der Waals surface area (Å²) in [6.45, 7) is 0.645. The number of H-pyrrole nitrogens is 1. The number of benzene rings is 2. The Balaban J connectivity index is 1.37. The lowest BCUT2D eigenvalue weighted by atomic mass is 10.1. The number of nitrogens with zero attached hydrogens (tertiary/aromatic N) is 4. The van der Waals surface area contributed by atoms with E-state index < -0.39 is 21.5 Å².